The van der Waals surface area contributed by atoms with Crippen LogP contribution in [0.5, 0.6) is 0 Å². The van der Waals surface area contributed by atoms with E-state index in [9.17, 15) is 9.59 Å². The third kappa shape index (κ3) is 2.58. The second kappa shape index (κ2) is 5.83. The van der Waals surface area contributed by atoms with E-state index in [0.717, 1.165) is 11.9 Å². The quantitative estimate of drug-likeness (QED) is 0.786. The molecule has 0 aliphatic carbocycles. The molecule has 7 nitrogen and oxygen atoms in total. The number of rotatable bonds is 4. The number of amides is 1. The highest BCUT2D eigenvalue weighted by atomic mass is 16.2. The molecule has 0 fully saturated rings. The number of fused-ring (bicyclic) bond motifs is 3. The Hall–Kier alpha value is -2.70. The Kier molecular flexibility index (Phi) is 3.85. The van der Waals surface area contributed by atoms with Crippen LogP contribution in [-0.2, 0) is 11.3 Å². The maximum absolute atomic E-state index is 12.7. The Morgan fingerprint density at radius 2 is 1.96 bits per heavy atom. The number of hydrogen-bond acceptors (Lipinski definition) is 4. The molecule has 0 saturated carbocycles. The number of hydrogen-bond donors (Lipinski definition) is 1. The minimum Gasteiger partial charge on any atom is -0.352 e. The van der Waals surface area contributed by atoms with Crippen LogP contribution in [-0.4, -0.2) is 31.1 Å². The van der Waals surface area contributed by atoms with E-state index in [-0.39, 0.29) is 29.7 Å². The SMILES string of the molecule is CC[C@H](C)NC(=O)Cn1c(=O)c2nnc(C)n2c2ccccc21. The molecule has 0 unspecified atom stereocenters. The largest absolute Gasteiger partial charge is 0.352 e. The zero-order valence-corrected chi connectivity index (χ0v) is 13.4. The molecule has 2 aromatic heterocycles. The predicted molar refractivity (Wildman–Crippen MR) is 87.4 cm³/mol. The van der Waals surface area contributed by atoms with Crippen LogP contribution in [0.15, 0.2) is 29.1 Å². The minimum atomic E-state index is -0.316. The Bertz CT molecular complexity index is 941. The average molecular weight is 313 g/mol. The first kappa shape index (κ1) is 15.2. The summed E-state index contributed by atoms with van der Waals surface area (Å²) in [6.45, 7) is 5.69. The normalized spacial score (nSPS) is 12.7. The highest BCUT2D eigenvalue weighted by Crippen LogP contribution is 2.14. The summed E-state index contributed by atoms with van der Waals surface area (Å²) < 4.78 is 3.18. The van der Waals surface area contributed by atoms with E-state index in [1.807, 2.05) is 38.1 Å². The van der Waals surface area contributed by atoms with Gasteiger partial charge in [0.1, 0.15) is 12.4 Å². The van der Waals surface area contributed by atoms with Gasteiger partial charge in [0.25, 0.3) is 5.56 Å². The number of carbonyl (C=O) groups is 1. The first-order valence-corrected chi connectivity index (χ1v) is 7.65. The second-order valence-electron chi connectivity index (χ2n) is 5.66. The molecule has 3 rings (SSSR count). The van der Waals surface area contributed by atoms with Gasteiger partial charge >= 0.3 is 0 Å². The van der Waals surface area contributed by atoms with Gasteiger partial charge in [0, 0.05) is 6.04 Å². The van der Waals surface area contributed by atoms with Crippen LogP contribution in [0.4, 0.5) is 0 Å². The Morgan fingerprint density at radius 3 is 2.65 bits per heavy atom. The monoisotopic (exact) mass is 313 g/mol. The van der Waals surface area contributed by atoms with Crippen LogP contribution >= 0.6 is 0 Å². The lowest BCUT2D eigenvalue weighted by molar-refractivity contribution is -0.122. The smallest absolute Gasteiger partial charge is 0.297 e. The summed E-state index contributed by atoms with van der Waals surface area (Å²) in [5.41, 5.74) is 1.41. The number of aryl methyl sites for hydroxylation is 1. The number of para-hydroxylation sites is 2. The first-order chi connectivity index (χ1) is 11.0. The highest BCUT2D eigenvalue weighted by Gasteiger charge is 2.16. The molecule has 0 saturated heterocycles. The van der Waals surface area contributed by atoms with E-state index >= 15 is 0 Å². The number of aromatic nitrogens is 4. The average Bonchev–Trinajstić information content (AvgIpc) is 2.93. The summed E-state index contributed by atoms with van der Waals surface area (Å²) in [6.07, 6.45) is 0.837. The van der Waals surface area contributed by atoms with Crippen molar-refractivity contribution in [1.29, 1.82) is 0 Å². The van der Waals surface area contributed by atoms with Crippen molar-refractivity contribution in [2.24, 2.45) is 0 Å². The van der Waals surface area contributed by atoms with E-state index in [0.29, 0.717) is 11.3 Å². The van der Waals surface area contributed by atoms with Crippen molar-refractivity contribution in [2.75, 3.05) is 0 Å². The van der Waals surface area contributed by atoms with Crippen LogP contribution in [0.25, 0.3) is 16.7 Å². The molecular formula is C16H19N5O2. The molecule has 120 valence electrons. The number of benzene rings is 1. The van der Waals surface area contributed by atoms with Gasteiger partial charge in [-0.3, -0.25) is 18.6 Å². The number of carbonyl (C=O) groups excluding carboxylic acids is 1. The van der Waals surface area contributed by atoms with Gasteiger partial charge in [0.2, 0.25) is 11.6 Å². The van der Waals surface area contributed by atoms with Crippen molar-refractivity contribution < 1.29 is 4.79 Å². The van der Waals surface area contributed by atoms with Gasteiger partial charge in [-0.2, -0.15) is 0 Å². The van der Waals surface area contributed by atoms with Crippen molar-refractivity contribution in [3.63, 3.8) is 0 Å². The molecule has 1 N–H and O–H groups in total. The maximum atomic E-state index is 12.7. The van der Waals surface area contributed by atoms with Gasteiger partial charge in [-0.05, 0) is 32.4 Å². The fraction of sp³-hybridized carbons (Fsp3) is 0.375. The lowest BCUT2D eigenvalue weighted by Gasteiger charge is -2.14. The molecule has 0 bridgehead atoms. The third-order valence-corrected chi connectivity index (χ3v) is 4.00. The Balaban J connectivity index is 2.17. The zero-order valence-electron chi connectivity index (χ0n) is 13.4. The summed E-state index contributed by atoms with van der Waals surface area (Å²) in [5.74, 6) is 0.455. The molecule has 0 aliphatic rings. The molecule has 3 aromatic rings. The molecule has 1 atom stereocenters. The summed E-state index contributed by atoms with van der Waals surface area (Å²) >= 11 is 0. The molecule has 7 heteroatoms. The standard InChI is InChI=1S/C16H19N5O2/c1-4-10(2)17-14(22)9-20-12-7-5-6-8-13(12)21-11(3)18-19-15(21)16(20)23/h5-8,10H,4,9H2,1-3H3,(H,17,22)/t10-/m0/s1. The molecule has 23 heavy (non-hydrogen) atoms. The van der Waals surface area contributed by atoms with E-state index in [2.05, 4.69) is 15.5 Å². The molecule has 2 heterocycles. The van der Waals surface area contributed by atoms with Crippen molar-refractivity contribution in [2.45, 2.75) is 39.8 Å². The summed E-state index contributed by atoms with van der Waals surface area (Å²) in [7, 11) is 0. The topological polar surface area (TPSA) is 81.3 Å². The van der Waals surface area contributed by atoms with Gasteiger partial charge < -0.3 is 5.32 Å². The highest BCUT2D eigenvalue weighted by molar-refractivity contribution is 5.82. The Labute approximate surface area is 132 Å². The van der Waals surface area contributed by atoms with E-state index in [4.69, 9.17) is 0 Å². The first-order valence-electron chi connectivity index (χ1n) is 7.65. The van der Waals surface area contributed by atoms with E-state index in [1.165, 1.54) is 4.57 Å². The van der Waals surface area contributed by atoms with Gasteiger partial charge in [-0.1, -0.05) is 19.1 Å². The van der Waals surface area contributed by atoms with Crippen LogP contribution < -0.4 is 10.9 Å². The van der Waals surface area contributed by atoms with Crippen LogP contribution in [0.1, 0.15) is 26.1 Å². The fourth-order valence-electron chi connectivity index (χ4n) is 2.62. The molecule has 0 aliphatic heterocycles. The molecular weight excluding hydrogens is 294 g/mol. The van der Waals surface area contributed by atoms with E-state index < -0.39 is 0 Å². The zero-order chi connectivity index (χ0) is 16.6. The van der Waals surface area contributed by atoms with Crippen molar-refractivity contribution in [3.8, 4) is 0 Å². The van der Waals surface area contributed by atoms with E-state index in [1.54, 1.807) is 11.3 Å². The third-order valence-electron chi connectivity index (χ3n) is 4.00. The molecule has 0 spiro atoms. The lowest BCUT2D eigenvalue weighted by atomic mass is 10.2. The minimum absolute atomic E-state index is 0.0356. The van der Waals surface area contributed by atoms with Gasteiger partial charge in [-0.15, -0.1) is 10.2 Å². The van der Waals surface area contributed by atoms with Gasteiger partial charge in [0.05, 0.1) is 11.0 Å². The fourth-order valence-corrected chi connectivity index (χ4v) is 2.62. The molecule has 1 amide bonds. The van der Waals surface area contributed by atoms with Gasteiger partial charge in [-0.25, -0.2) is 0 Å². The second-order valence-corrected chi connectivity index (χ2v) is 5.66. The van der Waals surface area contributed by atoms with Crippen molar-refractivity contribution in [1.82, 2.24) is 24.5 Å². The van der Waals surface area contributed by atoms with Crippen LogP contribution in [0.3, 0.4) is 0 Å². The lowest BCUT2D eigenvalue weighted by Crippen LogP contribution is -2.37. The number of nitrogens with zero attached hydrogens (tertiary/aromatic N) is 4. The molecule has 1 aromatic carbocycles. The Morgan fingerprint density at radius 1 is 1.26 bits per heavy atom. The summed E-state index contributed by atoms with van der Waals surface area (Å²) in [5, 5.41) is 10.8. The number of nitrogens with one attached hydrogen (secondary N) is 1. The van der Waals surface area contributed by atoms with Crippen molar-refractivity contribution >= 4 is 22.6 Å². The van der Waals surface area contributed by atoms with Gasteiger partial charge in [0.15, 0.2) is 0 Å². The summed E-state index contributed by atoms with van der Waals surface area (Å²) in [4.78, 5) is 24.9. The van der Waals surface area contributed by atoms with Crippen LogP contribution in [0, 0.1) is 6.92 Å². The van der Waals surface area contributed by atoms with Crippen LogP contribution in [0.2, 0.25) is 0 Å². The maximum Gasteiger partial charge on any atom is 0.297 e. The predicted octanol–water partition coefficient (Wildman–Crippen LogP) is 1.27. The van der Waals surface area contributed by atoms with Crippen molar-refractivity contribution in [3.05, 3.63) is 40.4 Å². The summed E-state index contributed by atoms with van der Waals surface area (Å²) in [6, 6.07) is 7.52. The molecule has 0 radical (unpaired) electrons.